The number of nitrogens with zero attached hydrogens (tertiary/aromatic N) is 1. The number of allylic oxidation sites excluding steroid dienone is 5. The van der Waals surface area contributed by atoms with E-state index in [4.69, 9.17) is 0 Å². The third-order valence-corrected chi connectivity index (χ3v) is 7.33. The largest absolute Gasteiger partial charge is 1.00 e. The van der Waals surface area contributed by atoms with Crippen LogP contribution >= 0.6 is 0 Å². The van der Waals surface area contributed by atoms with E-state index in [2.05, 4.69) is 10.3 Å². The molecule has 0 fully saturated rings. The molecule has 0 atom stereocenters. The third kappa shape index (κ3) is 6.99. The van der Waals surface area contributed by atoms with Gasteiger partial charge in [0.15, 0.2) is 0 Å². The summed E-state index contributed by atoms with van der Waals surface area (Å²) >= 11 is 0. The Bertz CT molecular complexity index is 1560. The fourth-order valence-electron chi connectivity index (χ4n) is 4.00. The molecule has 0 aliphatic heterocycles. The number of rotatable bonds is 7. The van der Waals surface area contributed by atoms with E-state index in [1.165, 1.54) is 0 Å². The minimum Gasteiger partial charge on any atom is -0.744 e. The summed E-state index contributed by atoms with van der Waals surface area (Å²) < 4.78 is 69.6. The molecule has 0 amide bonds. The Hall–Kier alpha value is -2.25. The van der Waals surface area contributed by atoms with Gasteiger partial charge in [-0.05, 0) is 92.0 Å². The maximum Gasteiger partial charge on any atom is 1.00 e. The second kappa shape index (κ2) is 12.1. The van der Waals surface area contributed by atoms with Crippen molar-refractivity contribution in [3.63, 3.8) is 0 Å². The number of hydrogen-bond acceptors (Lipinski definition) is 8. The van der Waals surface area contributed by atoms with Crippen LogP contribution in [0.3, 0.4) is 0 Å². The molecule has 2 aromatic carbocycles. The van der Waals surface area contributed by atoms with Crippen molar-refractivity contribution < 1.29 is 60.6 Å². The van der Waals surface area contributed by atoms with Crippen LogP contribution in [0.2, 0.25) is 0 Å². The molecule has 1 aliphatic carbocycles. The number of hydrogen-bond donors (Lipinski definition) is 3. The van der Waals surface area contributed by atoms with Crippen molar-refractivity contribution in [1.82, 2.24) is 0 Å². The van der Waals surface area contributed by atoms with E-state index in [1.807, 2.05) is 33.8 Å². The molecular weight excluding hydrogens is 527 g/mol. The van der Waals surface area contributed by atoms with Crippen molar-refractivity contribution >= 4 is 37.2 Å². The van der Waals surface area contributed by atoms with Gasteiger partial charge in [-0.3, -0.25) is 9.55 Å². The predicted octanol–water partition coefficient (Wildman–Crippen LogP) is 1.07. The Balaban J connectivity index is 0.00000481. The Morgan fingerprint density at radius 1 is 1.03 bits per heavy atom. The van der Waals surface area contributed by atoms with Crippen LogP contribution in [0.4, 0.5) is 5.69 Å². The van der Waals surface area contributed by atoms with Gasteiger partial charge in [0.1, 0.15) is 20.8 Å². The summed E-state index contributed by atoms with van der Waals surface area (Å²) in [5, 5.41) is 13.6. The topological polar surface area (TPSA) is 156 Å². The molecule has 9 nitrogen and oxygen atoms in total. The number of aromatic hydroxyl groups is 1. The van der Waals surface area contributed by atoms with Gasteiger partial charge in [0.2, 0.25) is 0 Å². The number of anilines is 1. The van der Waals surface area contributed by atoms with Crippen LogP contribution in [0.25, 0.3) is 5.57 Å². The Kier molecular flexibility index (Phi) is 10.1. The first-order valence-corrected chi connectivity index (χ1v) is 13.9. The number of phenols is 1. The molecule has 1 aliphatic rings. The number of phenolic OH excluding ortho intramolecular Hbond substituents is 1. The number of aliphatic imine (C=N–C) groups is 1. The summed E-state index contributed by atoms with van der Waals surface area (Å²) in [4.78, 5) is 2.44. The summed E-state index contributed by atoms with van der Waals surface area (Å²) in [6, 6.07) is 6.71. The maximum absolute atomic E-state index is 12.4. The minimum absolute atomic E-state index is 0. The van der Waals surface area contributed by atoms with Crippen LogP contribution in [-0.2, 0) is 20.2 Å². The van der Waals surface area contributed by atoms with Gasteiger partial charge in [0.05, 0.1) is 10.6 Å². The first-order chi connectivity index (χ1) is 16.8. The van der Waals surface area contributed by atoms with Gasteiger partial charge >= 0.3 is 29.6 Å². The van der Waals surface area contributed by atoms with E-state index in [0.717, 1.165) is 28.6 Å². The fraction of sp³-hybridized carbons (Fsp3) is 0.240. The molecule has 0 unspecified atom stereocenters. The van der Waals surface area contributed by atoms with E-state index in [1.54, 1.807) is 30.4 Å². The van der Waals surface area contributed by atoms with E-state index in [0.29, 0.717) is 35.9 Å². The molecule has 3 N–H and O–H groups in total. The van der Waals surface area contributed by atoms with Gasteiger partial charge < -0.3 is 15.0 Å². The van der Waals surface area contributed by atoms with Crippen molar-refractivity contribution in [2.24, 2.45) is 4.99 Å². The van der Waals surface area contributed by atoms with Crippen LogP contribution in [0.15, 0.2) is 74.5 Å². The van der Waals surface area contributed by atoms with Gasteiger partial charge in [-0.2, -0.15) is 8.42 Å². The van der Waals surface area contributed by atoms with Crippen molar-refractivity contribution in [2.75, 3.05) is 18.4 Å². The van der Waals surface area contributed by atoms with E-state index < -0.39 is 35.8 Å². The Labute approximate surface area is 239 Å². The molecule has 2 aromatic rings. The van der Waals surface area contributed by atoms with Crippen molar-refractivity contribution in [3.05, 3.63) is 76.4 Å². The molecule has 0 spiro atoms. The van der Waals surface area contributed by atoms with Crippen LogP contribution < -0.4 is 34.9 Å². The molecule has 0 aromatic heterocycles. The minimum atomic E-state index is -5.23. The zero-order valence-electron chi connectivity index (χ0n) is 21.2. The van der Waals surface area contributed by atoms with Gasteiger partial charge in [-0.15, -0.1) is 0 Å². The first-order valence-electron chi connectivity index (χ1n) is 11.1. The van der Waals surface area contributed by atoms with Gasteiger partial charge in [-0.1, -0.05) is 12.1 Å². The standard InChI is InChI=1S/C25H28N2O7S2.Na/c1-5-26-20-9-7-17(11-15(20)3)25(18-8-10-21(27-6-2)16(4)12-18)19-13-22(28)24(36(32,33)34)14-23(19)35(29,30)31;/h7-14,26,28H,5-6H2,1-4H3,(H,29,30,31)(H,32,33,34);/q;+1/p-1/b25-18+,27-21?;. The SMILES string of the molecule is CCN=C1C=C/C(=C(/c2ccc(NCC)c(C)c2)c2cc(O)c(S(=O)(=O)[O-])cc2S(=O)(=O)O)C=C1C.[Na+]. The first kappa shape index (κ1) is 31.0. The molecule has 0 saturated carbocycles. The summed E-state index contributed by atoms with van der Waals surface area (Å²) in [5.74, 6) is -0.930. The number of benzene rings is 2. The van der Waals surface area contributed by atoms with Crippen molar-refractivity contribution in [1.29, 1.82) is 0 Å². The molecule has 37 heavy (non-hydrogen) atoms. The Morgan fingerprint density at radius 2 is 1.70 bits per heavy atom. The maximum atomic E-state index is 12.4. The molecule has 0 radical (unpaired) electrons. The van der Waals surface area contributed by atoms with Crippen LogP contribution in [0, 0.1) is 6.92 Å². The van der Waals surface area contributed by atoms with Gasteiger partial charge in [-0.25, -0.2) is 8.42 Å². The number of aryl methyl sites for hydroxylation is 1. The molecular formula is C25H27N2NaO7S2. The fourth-order valence-corrected chi connectivity index (χ4v) is 5.36. The molecule has 3 rings (SSSR count). The van der Waals surface area contributed by atoms with Crippen LogP contribution in [0.5, 0.6) is 5.75 Å². The zero-order valence-corrected chi connectivity index (χ0v) is 24.9. The zero-order chi connectivity index (χ0) is 26.8. The quantitative estimate of drug-likeness (QED) is 0.339. The number of nitrogens with one attached hydrogen (secondary N) is 1. The summed E-state index contributed by atoms with van der Waals surface area (Å²) in [6.07, 6.45) is 5.26. The second-order valence-corrected chi connectivity index (χ2v) is 10.9. The average molecular weight is 555 g/mol. The monoisotopic (exact) mass is 554 g/mol. The van der Waals surface area contributed by atoms with Crippen molar-refractivity contribution in [3.8, 4) is 5.75 Å². The Morgan fingerprint density at radius 3 is 2.22 bits per heavy atom. The van der Waals surface area contributed by atoms with E-state index >= 15 is 0 Å². The van der Waals surface area contributed by atoms with Crippen molar-refractivity contribution in [2.45, 2.75) is 37.5 Å². The van der Waals surface area contributed by atoms with Gasteiger partial charge in [0, 0.05) is 24.3 Å². The van der Waals surface area contributed by atoms with Crippen LogP contribution in [-0.4, -0.2) is 49.8 Å². The normalized spacial score (nSPS) is 16.3. The molecule has 0 bridgehead atoms. The molecule has 192 valence electrons. The molecule has 0 saturated heterocycles. The van der Waals surface area contributed by atoms with Crippen LogP contribution in [0.1, 0.15) is 37.5 Å². The predicted molar refractivity (Wildman–Crippen MR) is 138 cm³/mol. The second-order valence-electron chi connectivity index (χ2n) is 8.16. The smallest absolute Gasteiger partial charge is 0.744 e. The van der Waals surface area contributed by atoms with E-state index in [9.17, 15) is 31.0 Å². The molecule has 12 heteroatoms. The summed E-state index contributed by atoms with van der Waals surface area (Å²) in [6.45, 7) is 8.79. The summed E-state index contributed by atoms with van der Waals surface area (Å²) in [7, 11) is -10.2. The summed E-state index contributed by atoms with van der Waals surface area (Å²) in [5.41, 5.74) is 4.44. The van der Waals surface area contributed by atoms with E-state index in [-0.39, 0.29) is 35.1 Å². The third-order valence-electron chi connectivity index (χ3n) is 5.57. The molecule has 0 heterocycles. The average Bonchev–Trinajstić information content (AvgIpc) is 2.76. The van der Waals surface area contributed by atoms with Gasteiger partial charge in [0.25, 0.3) is 10.1 Å².